The maximum Gasteiger partial charge on any atom is 0.155 e. The van der Waals surface area contributed by atoms with E-state index in [0.717, 1.165) is 13.4 Å². The van der Waals surface area contributed by atoms with Crippen LogP contribution < -0.4 is 0 Å². The average Bonchev–Trinajstić information content (AvgIpc) is 2.15. The van der Waals surface area contributed by atoms with Gasteiger partial charge in [-0.25, -0.2) is 0 Å². The monoisotopic (exact) mass is 349 g/mol. The first-order valence-electron chi connectivity index (χ1n) is 3.62. The van der Waals surface area contributed by atoms with E-state index in [1.807, 2.05) is 18.2 Å². The van der Waals surface area contributed by atoms with Gasteiger partial charge in [-0.05, 0) is 34.7 Å². The third-order valence-electron chi connectivity index (χ3n) is 1.77. The van der Waals surface area contributed by atoms with E-state index in [9.17, 15) is 5.11 Å². The molecule has 0 aliphatic rings. The summed E-state index contributed by atoms with van der Waals surface area (Å²) in [7, 11) is 0. The SMILES string of the molecule is Oc1c(I)cc(Br)c2cccnc12. The number of aromatic nitrogens is 1. The Hall–Kier alpha value is -0.360. The molecule has 1 heterocycles. The number of pyridine rings is 1. The summed E-state index contributed by atoms with van der Waals surface area (Å²) < 4.78 is 1.76. The van der Waals surface area contributed by atoms with Crippen LogP contribution in [0.25, 0.3) is 10.9 Å². The van der Waals surface area contributed by atoms with Crippen molar-refractivity contribution in [3.8, 4) is 5.75 Å². The minimum Gasteiger partial charge on any atom is -0.505 e. The molecule has 4 heteroatoms. The van der Waals surface area contributed by atoms with E-state index in [4.69, 9.17) is 0 Å². The van der Waals surface area contributed by atoms with Crippen molar-refractivity contribution < 1.29 is 5.11 Å². The second-order valence-electron chi connectivity index (χ2n) is 2.59. The highest BCUT2D eigenvalue weighted by molar-refractivity contribution is 14.1. The zero-order chi connectivity index (χ0) is 9.42. The summed E-state index contributed by atoms with van der Waals surface area (Å²) in [5, 5.41) is 10.6. The molecule has 2 nitrogen and oxygen atoms in total. The van der Waals surface area contributed by atoms with Gasteiger partial charge in [-0.15, -0.1) is 0 Å². The van der Waals surface area contributed by atoms with Crippen molar-refractivity contribution >= 4 is 49.4 Å². The molecule has 2 rings (SSSR count). The number of rotatable bonds is 0. The van der Waals surface area contributed by atoms with Gasteiger partial charge < -0.3 is 5.11 Å². The molecule has 0 saturated carbocycles. The molecular formula is C9H5BrINO. The quantitative estimate of drug-likeness (QED) is 0.740. The molecular weight excluding hydrogens is 345 g/mol. The molecule has 0 unspecified atom stereocenters. The van der Waals surface area contributed by atoms with Gasteiger partial charge in [-0.3, -0.25) is 4.98 Å². The van der Waals surface area contributed by atoms with E-state index in [-0.39, 0.29) is 5.75 Å². The molecule has 0 amide bonds. The molecule has 0 saturated heterocycles. The molecule has 66 valence electrons. The summed E-state index contributed by atoms with van der Waals surface area (Å²) in [5.41, 5.74) is 0.640. The Morgan fingerprint density at radius 3 is 3.00 bits per heavy atom. The number of benzene rings is 1. The molecule has 0 aliphatic heterocycles. The molecule has 0 bridgehead atoms. The lowest BCUT2D eigenvalue weighted by atomic mass is 10.2. The van der Waals surface area contributed by atoms with Crippen molar-refractivity contribution in [2.75, 3.05) is 0 Å². The Morgan fingerprint density at radius 1 is 1.46 bits per heavy atom. The van der Waals surface area contributed by atoms with Gasteiger partial charge in [-0.2, -0.15) is 0 Å². The van der Waals surface area contributed by atoms with Crippen LogP contribution in [0.2, 0.25) is 0 Å². The highest BCUT2D eigenvalue weighted by atomic mass is 127. The number of phenolic OH excluding ortho intramolecular Hbond substituents is 1. The lowest BCUT2D eigenvalue weighted by Gasteiger charge is -2.03. The van der Waals surface area contributed by atoms with E-state index < -0.39 is 0 Å². The van der Waals surface area contributed by atoms with Gasteiger partial charge in [-0.1, -0.05) is 22.0 Å². The number of fused-ring (bicyclic) bond motifs is 1. The summed E-state index contributed by atoms with van der Waals surface area (Å²) in [6, 6.07) is 5.64. The number of nitrogens with zero attached hydrogens (tertiary/aromatic N) is 1. The molecule has 0 fully saturated rings. The van der Waals surface area contributed by atoms with E-state index in [0.29, 0.717) is 5.52 Å². The average molecular weight is 350 g/mol. The van der Waals surface area contributed by atoms with Crippen molar-refractivity contribution in [1.29, 1.82) is 0 Å². The minimum atomic E-state index is 0.249. The van der Waals surface area contributed by atoms with E-state index >= 15 is 0 Å². The zero-order valence-electron chi connectivity index (χ0n) is 6.46. The van der Waals surface area contributed by atoms with Gasteiger partial charge in [0.25, 0.3) is 0 Å². The predicted octanol–water partition coefficient (Wildman–Crippen LogP) is 3.31. The number of aromatic hydroxyl groups is 1. The number of halogens is 2. The van der Waals surface area contributed by atoms with Crippen LogP contribution in [0.4, 0.5) is 0 Å². The van der Waals surface area contributed by atoms with Crippen molar-refractivity contribution in [1.82, 2.24) is 4.98 Å². The first-order chi connectivity index (χ1) is 6.20. The fourth-order valence-corrected chi connectivity index (χ4v) is 2.70. The van der Waals surface area contributed by atoms with Crippen molar-refractivity contribution in [3.05, 3.63) is 32.4 Å². The Labute approximate surface area is 97.3 Å². The molecule has 1 aromatic carbocycles. The summed E-state index contributed by atoms with van der Waals surface area (Å²) in [6.07, 6.45) is 1.67. The van der Waals surface area contributed by atoms with Crippen LogP contribution in [-0.2, 0) is 0 Å². The molecule has 1 aromatic heterocycles. The maximum absolute atomic E-state index is 9.69. The van der Waals surface area contributed by atoms with Crippen LogP contribution in [0.5, 0.6) is 5.75 Å². The predicted molar refractivity (Wildman–Crippen MR) is 63.8 cm³/mol. The topological polar surface area (TPSA) is 33.1 Å². The largest absolute Gasteiger partial charge is 0.505 e. The summed E-state index contributed by atoms with van der Waals surface area (Å²) >= 11 is 5.50. The van der Waals surface area contributed by atoms with Gasteiger partial charge in [0.05, 0.1) is 3.57 Å². The van der Waals surface area contributed by atoms with Gasteiger partial charge in [0.1, 0.15) is 5.52 Å². The molecule has 0 atom stereocenters. The Kier molecular flexibility index (Phi) is 2.42. The lowest BCUT2D eigenvalue weighted by Crippen LogP contribution is -1.83. The smallest absolute Gasteiger partial charge is 0.155 e. The van der Waals surface area contributed by atoms with Crippen molar-refractivity contribution in [3.63, 3.8) is 0 Å². The fraction of sp³-hybridized carbons (Fsp3) is 0. The van der Waals surface area contributed by atoms with Gasteiger partial charge in [0.15, 0.2) is 5.75 Å². The van der Waals surface area contributed by atoms with Crippen molar-refractivity contribution in [2.45, 2.75) is 0 Å². The van der Waals surface area contributed by atoms with Crippen LogP contribution in [-0.4, -0.2) is 10.1 Å². The molecule has 1 N–H and O–H groups in total. The highest BCUT2D eigenvalue weighted by Crippen LogP contribution is 2.33. The normalized spacial score (nSPS) is 10.6. The second kappa shape index (κ2) is 3.42. The van der Waals surface area contributed by atoms with Gasteiger partial charge in [0.2, 0.25) is 0 Å². The zero-order valence-corrected chi connectivity index (χ0v) is 10.2. The van der Waals surface area contributed by atoms with Crippen LogP contribution in [0.3, 0.4) is 0 Å². The molecule has 13 heavy (non-hydrogen) atoms. The minimum absolute atomic E-state index is 0.249. The Bertz CT molecular complexity index is 472. The van der Waals surface area contributed by atoms with Crippen LogP contribution >= 0.6 is 38.5 Å². The Morgan fingerprint density at radius 2 is 2.23 bits per heavy atom. The van der Waals surface area contributed by atoms with Crippen LogP contribution in [0, 0.1) is 3.57 Å². The molecule has 0 aliphatic carbocycles. The number of hydrogen-bond donors (Lipinski definition) is 1. The first-order valence-corrected chi connectivity index (χ1v) is 5.49. The van der Waals surface area contributed by atoms with E-state index in [1.54, 1.807) is 6.20 Å². The molecule has 0 spiro atoms. The first kappa shape index (κ1) is 9.21. The second-order valence-corrected chi connectivity index (χ2v) is 4.60. The Balaban J connectivity index is 2.97. The molecule has 2 aromatic rings. The third kappa shape index (κ3) is 1.52. The van der Waals surface area contributed by atoms with E-state index in [2.05, 4.69) is 43.5 Å². The van der Waals surface area contributed by atoms with Crippen LogP contribution in [0.1, 0.15) is 0 Å². The lowest BCUT2D eigenvalue weighted by molar-refractivity contribution is 0.476. The van der Waals surface area contributed by atoms with Crippen molar-refractivity contribution in [2.24, 2.45) is 0 Å². The standard InChI is InChI=1S/C9H5BrINO/c10-6-4-7(11)9(13)8-5(6)2-1-3-12-8/h1-4,13H. The third-order valence-corrected chi connectivity index (χ3v) is 3.25. The molecule has 0 radical (unpaired) electrons. The summed E-state index contributed by atoms with van der Waals surface area (Å²) in [4.78, 5) is 4.12. The van der Waals surface area contributed by atoms with Gasteiger partial charge >= 0.3 is 0 Å². The highest BCUT2D eigenvalue weighted by Gasteiger charge is 2.07. The maximum atomic E-state index is 9.69. The summed E-state index contributed by atoms with van der Waals surface area (Å²) in [5.74, 6) is 0.249. The number of phenols is 1. The van der Waals surface area contributed by atoms with Crippen LogP contribution in [0.15, 0.2) is 28.9 Å². The fourth-order valence-electron chi connectivity index (χ4n) is 1.16. The number of hydrogen-bond acceptors (Lipinski definition) is 2. The van der Waals surface area contributed by atoms with E-state index in [1.165, 1.54) is 0 Å². The summed E-state index contributed by atoms with van der Waals surface area (Å²) in [6.45, 7) is 0. The van der Waals surface area contributed by atoms with Gasteiger partial charge in [0, 0.05) is 16.1 Å².